The quantitative estimate of drug-likeness (QED) is 0.455. The van der Waals surface area contributed by atoms with Crippen molar-refractivity contribution in [2.45, 2.75) is 38.6 Å². The first kappa shape index (κ1) is 12.1. The summed E-state index contributed by atoms with van der Waals surface area (Å²) >= 11 is 0. The zero-order chi connectivity index (χ0) is 12.1. The fourth-order valence-corrected chi connectivity index (χ4v) is 2.20. The summed E-state index contributed by atoms with van der Waals surface area (Å²) in [5.74, 6) is 5.65. The van der Waals surface area contributed by atoms with Crippen LogP contribution in [0.1, 0.15) is 44.2 Å². The van der Waals surface area contributed by atoms with Gasteiger partial charge in [-0.25, -0.2) is 0 Å². The van der Waals surface area contributed by atoms with Crippen molar-refractivity contribution in [3.63, 3.8) is 0 Å². The summed E-state index contributed by atoms with van der Waals surface area (Å²) in [7, 11) is 0. The molecule has 0 radical (unpaired) electrons. The lowest BCUT2D eigenvalue weighted by atomic mass is 10.0. The van der Waals surface area contributed by atoms with Crippen LogP contribution in [0.25, 0.3) is 11.0 Å². The standard InChI is InChI=1S/C14H20N2O/c1-2-3-4-8-13(16-15)12-10-17-14-9-6-5-7-11(12)14/h5-7,9-10,13,16H,2-4,8,15H2,1H3. The predicted molar refractivity (Wildman–Crippen MR) is 70.4 cm³/mol. The Balaban J connectivity index is 2.18. The number of hydrazine groups is 1. The summed E-state index contributed by atoms with van der Waals surface area (Å²) < 4.78 is 5.54. The molecule has 0 aliphatic carbocycles. The summed E-state index contributed by atoms with van der Waals surface area (Å²) in [6.45, 7) is 2.21. The van der Waals surface area contributed by atoms with Crippen LogP contribution in [-0.2, 0) is 0 Å². The van der Waals surface area contributed by atoms with Gasteiger partial charge in [0.05, 0.1) is 6.26 Å². The van der Waals surface area contributed by atoms with Gasteiger partial charge in [0.25, 0.3) is 0 Å². The number of furan rings is 1. The maximum Gasteiger partial charge on any atom is 0.134 e. The molecular weight excluding hydrogens is 212 g/mol. The van der Waals surface area contributed by atoms with Crippen LogP contribution in [0, 0.1) is 0 Å². The fourth-order valence-electron chi connectivity index (χ4n) is 2.20. The topological polar surface area (TPSA) is 51.2 Å². The predicted octanol–water partition coefficient (Wildman–Crippen LogP) is 3.52. The van der Waals surface area contributed by atoms with Crippen molar-refractivity contribution in [3.8, 4) is 0 Å². The normalized spacial score (nSPS) is 13.1. The number of nitrogens with one attached hydrogen (secondary N) is 1. The van der Waals surface area contributed by atoms with Crippen LogP contribution in [0.4, 0.5) is 0 Å². The lowest BCUT2D eigenvalue weighted by Crippen LogP contribution is -2.27. The second kappa shape index (κ2) is 5.84. The lowest BCUT2D eigenvalue weighted by Gasteiger charge is -2.14. The highest BCUT2D eigenvalue weighted by atomic mass is 16.3. The minimum absolute atomic E-state index is 0.185. The van der Waals surface area contributed by atoms with Gasteiger partial charge in [-0.1, -0.05) is 44.4 Å². The smallest absolute Gasteiger partial charge is 0.134 e. The van der Waals surface area contributed by atoms with Crippen LogP contribution in [0.5, 0.6) is 0 Å². The van der Waals surface area contributed by atoms with E-state index in [1.807, 2.05) is 24.5 Å². The molecule has 0 saturated heterocycles. The highest BCUT2D eigenvalue weighted by molar-refractivity contribution is 5.81. The molecule has 0 spiro atoms. The Bertz CT molecular complexity index is 464. The molecule has 0 aliphatic heterocycles. The Hall–Kier alpha value is -1.32. The lowest BCUT2D eigenvalue weighted by molar-refractivity contribution is 0.481. The van der Waals surface area contributed by atoms with E-state index in [1.165, 1.54) is 24.8 Å². The van der Waals surface area contributed by atoms with Crippen molar-refractivity contribution in [2.75, 3.05) is 0 Å². The Morgan fingerprint density at radius 2 is 2.12 bits per heavy atom. The summed E-state index contributed by atoms with van der Waals surface area (Å²) in [5, 5.41) is 1.16. The zero-order valence-corrected chi connectivity index (χ0v) is 10.3. The van der Waals surface area contributed by atoms with Crippen molar-refractivity contribution >= 4 is 11.0 Å². The van der Waals surface area contributed by atoms with Crippen molar-refractivity contribution in [3.05, 3.63) is 36.1 Å². The molecule has 2 aromatic rings. The second-order valence-electron chi connectivity index (χ2n) is 4.40. The highest BCUT2D eigenvalue weighted by Gasteiger charge is 2.14. The average molecular weight is 232 g/mol. The molecular formula is C14H20N2O. The van der Waals surface area contributed by atoms with Crippen molar-refractivity contribution in [1.29, 1.82) is 0 Å². The van der Waals surface area contributed by atoms with Gasteiger partial charge in [-0.2, -0.15) is 0 Å². The molecule has 17 heavy (non-hydrogen) atoms. The molecule has 1 aromatic carbocycles. The molecule has 0 amide bonds. The minimum atomic E-state index is 0.185. The molecule has 0 bridgehead atoms. The van der Waals surface area contributed by atoms with Gasteiger partial charge in [-0.05, 0) is 12.5 Å². The first-order chi connectivity index (χ1) is 8.36. The third-order valence-electron chi connectivity index (χ3n) is 3.18. The monoisotopic (exact) mass is 232 g/mol. The average Bonchev–Trinajstić information content (AvgIpc) is 2.79. The van der Waals surface area contributed by atoms with Crippen LogP contribution in [0.3, 0.4) is 0 Å². The maximum absolute atomic E-state index is 5.65. The van der Waals surface area contributed by atoms with E-state index in [1.54, 1.807) is 0 Å². The number of para-hydroxylation sites is 1. The van der Waals surface area contributed by atoms with Gasteiger partial charge in [0.1, 0.15) is 5.58 Å². The molecule has 1 unspecified atom stereocenters. The van der Waals surface area contributed by atoms with E-state index in [4.69, 9.17) is 10.3 Å². The molecule has 0 aliphatic rings. The Morgan fingerprint density at radius 3 is 2.88 bits per heavy atom. The summed E-state index contributed by atoms with van der Waals surface area (Å²) in [4.78, 5) is 0. The zero-order valence-electron chi connectivity index (χ0n) is 10.3. The third kappa shape index (κ3) is 2.68. The molecule has 1 heterocycles. The van der Waals surface area contributed by atoms with E-state index in [9.17, 15) is 0 Å². The van der Waals surface area contributed by atoms with E-state index < -0.39 is 0 Å². The van der Waals surface area contributed by atoms with Crippen LogP contribution >= 0.6 is 0 Å². The van der Waals surface area contributed by atoms with Crippen LogP contribution in [0.15, 0.2) is 34.9 Å². The number of nitrogens with two attached hydrogens (primary N) is 1. The fraction of sp³-hybridized carbons (Fsp3) is 0.429. The van der Waals surface area contributed by atoms with E-state index in [0.717, 1.165) is 17.4 Å². The molecule has 2 rings (SSSR count). The largest absolute Gasteiger partial charge is 0.464 e. The molecule has 3 N–H and O–H groups in total. The van der Waals surface area contributed by atoms with E-state index in [2.05, 4.69) is 18.4 Å². The van der Waals surface area contributed by atoms with Gasteiger partial charge in [0, 0.05) is 17.0 Å². The Labute approximate surface area is 102 Å². The second-order valence-corrected chi connectivity index (χ2v) is 4.40. The van der Waals surface area contributed by atoms with E-state index >= 15 is 0 Å². The molecule has 3 nitrogen and oxygen atoms in total. The number of hydrogen-bond donors (Lipinski definition) is 2. The van der Waals surface area contributed by atoms with Gasteiger partial charge >= 0.3 is 0 Å². The number of fused-ring (bicyclic) bond motifs is 1. The van der Waals surface area contributed by atoms with Crippen molar-refractivity contribution in [1.82, 2.24) is 5.43 Å². The van der Waals surface area contributed by atoms with Gasteiger partial charge in [0.2, 0.25) is 0 Å². The maximum atomic E-state index is 5.65. The Morgan fingerprint density at radius 1 is 1.29 bits per heavy atom. The van der Waals surface area contributed by atoms with Gasteiger partial charge < -0.3 is 4.42 Å². The highest BCUT2D eigenvalue weighted by Crippen LogP contribution is 2.28. The van der Waals surface area contributed by atoms with Crippen LogP contribution in [0.2, 0.25) is 0 Å². The number of rotatable bonds is 6. The molecule has 92 valence electrons. The molecule has 1 atom stereocenters. The summed E-state index contributed by atoms with van der Waals surface area (Å²) in [6.07, 6.45) is 6.53. The third-order valence-corrected chi connectivity index (χ3v) is 3.18. The Kier molecular flexibility index (Phi) is 4.18. The minimum Gasteiger partial charge on any atom is -0.464 e. The first-order valence-electron chi connectivity index (χ1n) is 6.29. The SMILES string of the molecule is CCCCCC(NN)c1coc2ccccc12. The number of hydrogen-bond acceptors (Lipinski definition) is 3. The van der Waals surface area contributed by atoms with Crippen LogP contribution in [-0.4, -0.2) is 0 Å². The van der Waals surface area contributed by atoms with Crippen molar-refractivity contribution in [2.24, 2.45) is 5.84 Å². The van der Waals surface area contributed by atoms with E-state index in [-0.39, 0.29) is 6.04 Å². The van der Waals surface area contributed by atoms with E-state index in [0.29, 0.717) is 0 Å². The van der Waals surface area contributed by atoms with Gasteiger partial charge in [0.15, 0.2) is 0 Å². The van der Waals surface area contributed by atoms with Gasteiger partial charge in [-0.3, -0.25) is 11.3 Å². The number of benzene rings is 1. The molecule has 0 saturated carbocycles. The molecule has 3 heteroatoms. The first-order valence-corrected chi connectivity index (χ1v) is 6.29. The van der Waals surface area contributed by atoms with Crippen molar-refractivity contribution < 1.29 is 4.42 Å². The van der Waals surface area contributed by atoms with Gasteiger partial charge in [-0.15, -0.1) is 0 Å². The molecule has 1 aromatic heterocycles. The molecule has 0 fully saturated rings. The summed E-state index contributed by atoms with van der Waals surface area (Å²) in [5.41, 5.74) is 4.99. The number of unbranched alkanes of at least 4 members (excludes halogenated alkanes) is 2. The van der Waals surface area contributed by atoms with Crippen LogP contribution < -0.4 is 11.3 Å². The summed E-state index contributed by atoms with van der Waals surface area (Å²) in [6, 6.07) is 8.26.